The Morgan fingerprint density at radius 1 is 1.17 bits per heavy atom. The first-order valence-corrected chi connectivity index (χ1v) is 7.75. The number of rotatable bonds is 5. The number of ether oxygens (including phenoxy) is 1. The zero-order valence-corrected chi connectivity index (χ0v) is 13.3. The van der Waals surface area contributed by atoms with Gasteiger partial charge in [-0.2, -0.15) is 0 Å². The minimum atomic E-state index is -0.298. The molecule has 3 rings (SSSR count). The molecule has 0 spiro atoms. The number of hydrogen-bond donors (Lipinski definition) is 1. The number of nitrogens with one attached hydrogen (secondary N) is 1. The van der Waals surface area contributed by atoms with E-state index in [9.17, 15) is 9.18 Å². The van der Waals surface area contributed by atoms with Crippen molar-refractivity contribution in [2.24, 2.45) is 4.99 Å². The highest BCUT2D eigenvalue weighted by molar-refractivity contribution is 6.08. The molecule has 0 fully saturated rings. The zero-order valence-electron chi connectivity index (χ0n) is 13.3. The highest BCUT2D eigenvalue weighted by Crippen LogP contribution is 2.18. The summed E-state index contributed by atoms with van der Waals surface area (Å²) in [5.41, 5.74) is 1.66. The van der Waals surface area contributed by atoms with Crippen molar-refractivity contribution >= 4 is 17.6 Å². The molecule has 1 N–H and O–H groups in total. The Balaban J connectivity index is 1.69. The van der Waals surface area contributed by atoms with Crippen molar-refractivity contribution in [3.05, 3.63) is 59.9 Å². The van der Waals surface area contributed by atoms with Crippen molar-refractivity contribution in [2.75, 3.05) is 18.5 Å². The summed E-state index contributed by atoms with van der Waals surface area (Å²) in [5.74, 6) is 0.893. The van der Waals surface area contributed by atoms with E-state index in [1.54, 1.807) is 17.0 Å². The molecule has 0 saturated carbocycles. The molecular formula is C18H18FN3O2. The van der Waals surface area contributed by atoms with Gasteiger partial charge >= 0.3 is 0 Å². The van der Waals surface area contributed by atoms with Gasteiger partial charge in [-0.05, 0) is 48.9 Å². The number of carbonyl (C=O) groups excluding carboxylic acids is 1. The number of amides is 1. The maximum Gasteiger partial charge on any atom is 0.251 e. The normalized spacial score (nSPS) is 13.8. The molecule has 0 saturated heterocycles. The molecule has 1 heterocycles. The predicted octanol–water partition coefficient (Wildman–Crippen LogP) is 3.03. The smallest absolute Gasteiger partial charge is 0.251 e. The Bertz CT molecular complexity index is 742. The van der Waals surface area contributed by atoms with Crippen molar-refractivity contribution in [2.45, 2.75) is 13.5 Å². The Morgan fingerprint density at radius 3 is 2.54 bits per heavy atom. The van der Waals surface area contributed by atoms with Gasteiger partial charge < -0.3 is 10.1 Å². The molecule has 1 amide bonds. The molecule has 1 aliphatic rings. The third kappa shape index (κ3) is 3.71. The first-order chi connectivity index (χ1) is 11.7. The van der Waals surface area contributed by atoms with Crippen LogP contribution in [0, 0.1) is 5.82 Å². The Kier molecular flexibility index (Phi) is 4.74. The lowest BCUT2D eigenvalue weighted by Gasteiger charge is -2.19. The number of benzene rings is 2. The van der Waals surface area contributed by atoms with Crippen LogP contribution in [0.1, 0.15) is 12.5 Å². The molecule has 24 heavy (non-hydrogen) atoms. The van der Waals surface area contributed by atoms with E-state index in [0.29, 0.717) is 19.1 Å². The van der Waals surface area contributed by atoms with Gasteiger partial charge in [0.05, 0.1) is 13.2 Å². The second-order valence-electron chi connectivity index (χ2n) is 5.33. The molecule has 6 heteroatoms. The van der Waals surface area contributed by atoms with E-state index >= 15 is 0 Å². The van der Waals surface area contributed by atoms with Crippen LogP contribution in [-0.2, 0) is 11.3 Å². The SMILES string of the molecule is CCOc1ccc(NC2=NCC(=O)N2Cc2ccc(F)cc2)cc1. The number of nitrogens with zero attached hydrogens (tertiary/aromatic N) is 2. The molecule has 0 atom stereocenters. The van der Waals surface area contributed by atoms with E-state index < -0.39 is 0 Å². The largest absolute Gasteiger partial charge is 0.494 e. The quantitative estimate of drug-likeness (QED) is 0.918. The van der Waals surface area contributed by atoms with E-state index in [1.165, 1.54) is 12.1 Å². The summed E-state index contributed by atoms with van der Waals surface area (Å²) in [6, 6.07) is 13.5. The number of anilines is 1. The molecule has 1 aliphatic heterocycles. The lowest BCUT2D eigenvalue weighted by molar-refractivity contribution is -0.125. The second kappa shape index (κ2) is 7.12. The molecule has 0 aromatic heterocycles. The average molecular weight is 327 g/mol. The molecule has 0 radical (unpaired) electrons. The summed E-state index contributed by atoms with van der Waals surface area (Å²) >= 11 is 0. The van der Waals surface area contributed by atoms with Crippen molar-refractivity contribution in [3.8, 4) is 5.75 Å². The van der Waals surface area contributed by atoms with Gasteiger partial charge in [0.25, 0.3) is 5.91 Å². The number of carbonyl (C=O) groups is 1. The predicted molar refractivity (Wildman–Crippen MR) is 90.5 cm³/mol. The third-order valence-electron chi connectivity index (χ3n) is 3.60. The minimum absolute atomic E-state index is 0.0900. The van der Waals surface area contributed by atoms with Gasteiger partial charge in [0.2, 0.25) is 5.96 Å². The van der Waals surface area contributed by atoms with Gasteiger partial charge in [-0.1, -0.05) is 12.1 Å². The van der Waals surface area contributed by atoms with Crippen LogP contribution in [0.4, 0.5) is 10.1 Å². The molecule has 5 nitrogen and oxygen atoms in total. The maximum absolute atomic E-state index is 13.0. The number of halogens is 1. The topological polar surface area (TPSA) is 53.9 Å². The molecule has 124 valence electrons. The maximum atomic E-state index is 13.0. The van der Waals surface area contributed by atoms with Crippen LogP contribution in [0.25, 0.3) is 0 Å². The van der Waals surface area contributed by atoms with E-state index in [0.717, 1.165) is 17.0 Å². The Morgan fingerprint density at radius 2 is 1.88 bits per heavy atom. The van der Waals surface area contributed by atoms with Crippen molar-refractivity contribution < 1.29 is 13.9 Å². The molecule has 0 aliphatic carbocycles. The molecule has 0 bridgehead atoms. The van der Waals surface area contributed by atoms with Crippen molar-refractivity contribution in [1.82, 2.24) is 4.90 Å². The first-order valence-electron chi connectivity index (χ1n) is 7.75. The van der Waals surface area contributed by atoms with Crippen LogP contribution in [0.3, 0.4) is 0 Å². The van der Waals surface area contributed by atoms with Crippen molar-refractivity contribution in [1.29, 1.82) is 0 Å². The van der Waals surface area contributed by atoms with Gasteiger partial charge in [-0.25, -0.2) is 9.38 Å². The highest BCUT2D eigenvalue weighted by atomic mass is 19.1. The van der Waals surface area contributed by atoms with Crippen molar-refractivity contribution in [3.63, 3.8) is 0 Å². The minimum Gasteiger partial charge on any atom is -0.494 e. The Hall–Kier alpha value is -2.89. The van der Waals surface area contributed by atoms with Gasteiger partial charge in [0.1, 0.15) is 18.1 Å². The van der Waals surface area contributed by atoms with E-state index in [-0.39, 0.29) is 18.3 Å². The fourth-order valence-electron chi connectivity index (χ4n) is 2.40. The molecular weight excluding hydrogens is 309 g/mol. The van der Waals surface area contributed by atoms with E-state index in [4.69, 9.17) is 4.74 Å². The monoisotopic (exact) mass is 327 g/mol. The average Bonchev–Trinajstić information content (AvgIpc) is 2.92. The van der Waals surface area contributed by atoms with Gasteiger partial charge in [-0.3, -0.25) is 9.69 Å². The molecule has 2 aromatic rings. The summed E-state index contributed by atoms with van der Waals surface area (Å²) in [5, 5.41) is 3.15. The summed E-state index contributed by atoms with van der Waals surface area (Å²) in [4.78, 5) is 17.9. The highest BCUT2D eigenvalue weighted by Gasteiger charge is 2.25. The second-order valence-corrected chi connectivity index (χ2v) is 5.33. The van der Waals surface area contributed by atoms with E-state index in [1.807, 2.05) is 31.2 Å². The summed E-state index contributed by atoms with van der Waals surface area (Å²) in [6.45, 7) is 3.00. The van der Waals surface area contributed by atoms with Gasteiger partial charge in [0.15, 0.2) is 0 Å². The fraction of sp³-hybridized carbons (Fsp3) is 0.222. The fourth-order valence-corrected chi connectivity index (χ4v) is 2.40. The van der Waals surface area contributed by atoms with E-state index in [2.05, 4.69) is 10.3 Å². The van der Waals surface area contributed by atoms with Crippen LogP contribution in [0.15, 0.2) is 53.5 Å². The third-order valence-corrected chi connectivity index (χ3v) is 3.60. The summed E-state index contributed by atoms with van der Waals surface area (Å²) < 4.78 is 18.4. The Labute approximate surface area is 139 Å². The number of hydrogen-bond acceptors (Lipinski definition) is 4. The molecule has 0 unspecified atom stereocenters. The van der Waals surface area contributed by atoms with Crippen LogP contribution >= 0.6 is 0 Å². The van der Waals surface area contributed by atoms with Gasteiger partial charge in [-0.15, -0.1) is 0 Å². The van der Waals surface area contributed by atoms with Crippen LogP contribution in [0.5, 0.6) is 5.75 Å². The number of aliphatic imine (C=N–C) groups is 1. The standard InChI is InChI=1S/C18H18FN3O2/c1-2-24-16-9-7-15(8-10-16)21-18-20-11-17(23)22(18)12-13-3-5-14(19)6-4-13/h3-10H,2,11-12H2,1H3,(H,20,21). The molecule has 2 aromatic carbocycles. The first kappa shape index (κ1) is 16.0. The lowest BCUT2D eigenvalue weighted by Crippen LogP contribution is -2.36. The summed E-state index contributed by atoms with van der Waals surface area (Å²) in [6.07, 6.45) is 0. The summed E-state index contributed by atoms with van der Waals surface area (Å²) in [7, 11) is 0. The lowest BCUT2D eigenvalue weighted by atomic mass is 10.2. The van der Waals surface area contributed by atoms with Crippen LogP contribution in [0.2, 0.25) is 0 Å². The van der Waals surface area contributed by atoms with Crippen LogP contribution in [-0.4, -0.2) is 29.9 Å². The van der Waals surface area contributed by atoms with Crippen LogP contribution < -0.4 is 10.1 Å². The van der Waals surface area contributed by atoms with Gasteiger partial charge in [0, 0.05) is 5.69 Å². The zero-order chi connectivity index (χ0) is 16.9. The number of guanidine groups is 1.